The van der Waals surface area contributed by atoms with Crippen molar-refractivity contribution < 1.29 is 9.84 Å². The zero-order valence-electron chi connectivity index (χ0n) is 16.8. The zero-order chi connectivity index (χ0) is 19.1. The normalized spacial score (nSPS) is 17.4. The van der Waals surface area contributed by atoms with Crippen LogP contribution in [0, 0.1) is 6.92 Å². The number of aliphatic hydroxyl groups is 1. The first kappa shape index (κ1) is 19.9. The molecule has 1 fully saturated rings. The van der Waals surface area contributed by atoms with Crippen molar-refractivity contribution in [1.29, 1.82) is 0 Å². The molecule has 1 saturated heterocycles. The fourth-order valence-corrected chi connectivity index (χ4v) is 3.83. The molecule has 0 amide bonds. The second-order valence-corrected chi connectivity index (χ2v) is 7.75. The van der Waals surface area contributed by atoms with Crippen molar-refractivity contribution in [3.63, 3.8) is 0 Å². The van der Waals surface area contributed by atoms with Gasteiger partial charge in [0.2, 0.25) is 0 Å². The second-order valence-electron chi connectivity index (χ2n) is 7.75. The Balaban J connectivity index is 1.83. The number of hydrogen-bond donors (Lipinski definition) is 1. The van der Waals surface area contributed by atoms with E-state index in [1.54, 1.807) is 0 Å². The Kier molecular flexibility index (Phi) is 6.92. The highest BCUT2D eigenvalue weighted by Crippen LogP contribution is 2.34. The minimum Gasteiger partial charge on any atom is -0.494 e. The SMILES string of the molecule is CCCOc1ccc(C(O)(CCN2CCCCC2)c2ccc(C)cc2)cc1. The van der Waals surface area contributed by atoms with Gasteiger partial charge in [0.1, 0.15) is 11.4 Å². The van der Waals surface area contributed by atoms with E-state index in [0.29, 0.717) is 6.42 Å². The third-order valence-corrected chi connectivity index (χ3v) is 5.57. The Morgan fingerprint density at radius 2 is 1.52 bits per heavy atom. The van der Waals surface area contributed by atoms with Crippen LogP contribution in [0.4, 0.5) is 0 Å². The summed E-state index contributed by atoms with van der Waals surface area (Å²) in [5, 5.41) is 11.8. The molecule has 1 unspecified atom stereocenters. The molecule has 3 rings (SSSR count). The minimum absolute atomic E-state index is 0.700. The number of piperidine rings is 1. The molecule has 1 N–H and O–H groups in total. The largest absolute Gasteiger partial charge is 0.494 e. The molecular weight excluding hydrogens is 334 g/mol. The lowest BCUT2D eigenvalue weighted by atomic mass is 9.83. The van der Waals surface area contributed by atoms with E-state index in [2.05, 4.69) is 43.0 Å². The van der Waals surface area contributed by atoms with Crippen molar-refractivity contribution >= 4 is 0 Å². The van der Waals surface area contributed by atoms with E-state index in [-0.39, 0.29) is 0 Å². The van der Waals surface area contributed by atoms with E-state index in [1.165, 1.54) is 24.8 Å². The first-order valence-corrected chi connectivity index (χ1v) is 10.4. The predicted octanol–water partition coefficient (Wildman–Crippen LogP) is 4.90. The zero-order valence-corrected chi connectivity index (χ0v) is 16.8. The molecule has 0 radical (unpaired) electrons. The number of aryl methyl sites for hydroxylation is 1. The summed E-state index contributed by atoms with van der Waals surface area (Å²) < 4.78 is 5.71. The molecular formula is C24H33NO2. The molecule has 146 valence electrons. The average Bonchev–Trinajstić information content (AvgIpc) is 2.72. The fourth-order valence-electron chi connectivity index (χ4n) is 3.83. The van der Waals surface area contributed by atoms with Crippen LogP contribution in [0.25, 0.3) is 0 Å². The topological polar surface area (TPSA) is 32.7 Å². The van der Waals surface area contributed by atoms with Gasteiger partial charge in [-0.2, -0.15) is 0 Å². The van der Waals surface area contributed by atoms with Crippen LogP contribution in [0.15, 0.2) is 48.5 Å². The minimum atomic E-state index is -0.978. The first-order valence-electron chi connectivity index (χ1n) is 10.4. The maximum atomic E-state index is 11.8. The van der Waals surface area contributed by atoms with Gasteiger partial charge in [-0.15, -0.1) is 0 Å². The van der Waals surface area contributed by atoms with E-state index < -0.39 is 5.60 Å². The Labute approximate surface area is 164 Å². The standard InChI is InChI=1S/C24H33NO2/c1-3-19-27-23-13-11-22(12-14-23)24(26,21-9-7-20(2)8-10-21)15-18-25-16-5-4-6-17-25/h7-14,26H,3-6,15-19H2,1-2H3. The van der Waals surface area contributed by atoms with Crippen molar-refractivity contribution in [2.24, 2.45) is 0 Å². The Morgan fingerprint density at radius 3 is 2.11 bits per heavy atom. The molecule has 3 nitrogen and oxygen atoms in total. The second kappa shape index (κ2) is 9.38. The monoisotopic (exact) mass is 367 g/mol. The summed E-state index contributed by atoms with van der Waals surface area (Å²) >= 11 is 0. The van der Waals surface area contributed by atoms with Crippen molar-refractivity contribution in [2.45, 2.75) is 51.6 Å². The number of likely N-dealkylation sites (tertiary alicyclic amines) is 1. The van der Waals surface area contributed by atoms with Gasteiger partial charge in [-0.05, 0) is 69.0 Å². The third-order valence-electron chi connectivity index (χ3n) is 5.57. The summed E-state index contributed by atoms with van der Waals surface area (Å²) in [7, 11) is 0. The number of rotatable bonds is 8. The van der Waals surface area contributed by atoms with E-state index in [9.17, 15) is 5.11 Å². The predicted molar refractivity (Wildman–Crippen MR) is 111 cm³/mol. The maximum absolute atomic E-state index is 11.8. The fraction of sp³-hybridized carbons (Fsp3) is 0.500. The summed E-state index contributed by atoms with van der Waals surface area (Å²) in [5.41, 5.74) is 2.13. The number of ether oxygens (including phenoxy) is 1. The molecule has 0 bridgehead atoms. The lowest BCUT2D eigenvalue weighted by Gasteiger charge is -2.34. The number of nitrogens with zero attached hydrogens (tertiary/aromatic N) is 1. The average molecular weight is 368 g/mol. The van der Waals surface area contributed by atoms with Crippen LogP contribution in [0.5, 0.6) is 5.75 Å². The van der Waals surface area contributed by atoms with Gasteiger partial charge in [-0.3, -0.25) is 0 Å². The van der Waals surface area contributed by atoms with Gasteiger partial charge in [0.25, 0.3) is 0 Å². The lowest BCUT2D eigenvalue weighted by Crippen LogP contribution is -2.36. The highest BCUT2D eigenvalue weighted by atomic mass is 16.5. The van der Waals surface area contributed by atoms with Gasteiger partial charge in [0, 0.05) is 6.54 Å². The first-order chi connectivity index (χ1) is 13.1. The van der Waals surface area contributed by atoms with Gasteiger partial charge in [0.15, 0.2) is 0 Å². The summed E-state index contributed by atoms with van der Waals surface area (Å²) in [6.45, 7) is 8.11. The Morgan fingerprint density at radius 1 is 0.926 bits per heavy atom. The summed E-state index contributed by atoms with van der Waals surface area (Å²) in [6, 6.07) is 16.3. The highest BCUT2D eigenvalue weighted by molar-refractivity contribution is 5.39. The van der Waals surface area contributed by atoms with Crippen LogP contribution in [0.3, 0.4) is 0 Å². The molecule has 0 saturated carbocycles. The summed E-state index contributed by atoms with van der Waals surface area (Å²) in [4.78, 5) is 2.49. The molecule has 0 aliphatic carbocycles. The van der Waals surface area contributed by atoms with Crippen LogP contribution >= 0.6 is 0 Å². The van der Waals surface area contributed by atoms with E-state index >= 15 is 0 Å². The van der Waals surface area contributed by atoms with Gasteiger partial charge < -0.3 is 14.7 Å². The quantitative estimate of drug-likeness (QED) is 0.720. The molecule has 0 aromatic heterocycles. The van der Waals surface area contributed by atoms with Crippen molar-refractivity contribution in [1.82, 2.24) is 4.90 Å². The molecule has 0 spiro atoms. The summed E-state index contributed by atoms with van der Waals surface area (Å²) in [6.07, 6.45) is 5.56. The van der Waals surface area contributed by atoms with E-state index in [1.807, 2.05) is 24.3 Å². The maximum Gasteiger partial charge on any atom is 0.119 e. The highest BCUT2D eigenvalue weighted by Gasteiger charge is 2.32. The molecule has 2 aromatic carbocycles. The molecule has 27 heavy (non-hydrogen) atoms. The van der Waals surface area contributed by atoms with Crippen LogP contribution in [0.2, 0.25) is 0 Å². The molecule has 1 aliphatic rings. The van der Waals surface area contributed by atoms with E-state index in [0.717, 1.165) is 49.5 Å². The van der Waals surface area contributed by atoms with Crippen LogP contribution in [-0.2, 0) is 5.60 Å². The lowest BCUT2D eigenvalue weighted by molar-refractivity contribution is 0.0545. The Bertz CT molecular complexity index is 689. The smallest absolute Gasteiger partial charge is 0.119 e. The summed E-state index contributed by atoms with van der Waals surface area (Å²) in [5.74, 6) is 0.864. The molecule has 3 heteroatoms. The van der Waals surface area contributed by atoms with Crippen molar-refractivity contribution in [3.8, 4) is 5.75 Å². The van der Waals surface area contributed by atoms with Crippen LogP contribution in [-0.4, -0.2) is 36.2 Å². The van der Waals surface area contributed by atoms with Crippen molar-refractivity contribution in [3.05, 3.63) is 65.2 Å². The van der Waals surface area contributed by atoms with Crippen LogP contribution < -0.4 is 4.74 Å². The van der Waals surface area contributed by atoms with Crippen LogP contribution in [0.1, 0.15) is 55.7 Å². The molecule has 1 heterocycles. The molecule has 1 aliphatic heterocycles. The van der Waals surface area contributed by atoms with Gasteiger partial charge >= 0.3 is 0 Å². The van der Waals surface area contributed by atoms with Gasteiger partial charge in [-0.25, -0.2) is 0 Å². The number of hydrogen-bond acceptors (Lipinski definition) is 3. The van der Waals surface area contributed by atoms with Crippen molar-refractivity contribution in [2.75, 3.05) is 26.2 Å². The molecule has 1 atom stereocenters. The van der Waals surface area contributed by atoms with Gasteiger partial charge in [-0.1, -0.05) is 55.3 Å². The number of benzene rings is 2. The van der Waals surface area contributed by atoms with Gasteiger partial charge in [0.05, 0.1) is 6.61 Å². The van der Waals surface area contributed by atoms with E-state index in [4.69, 9.17) is 4.74 Å². The Hall–Kier alpha value is -1.84. The third kappa shape index (κ3) is 5.12. The molecule has 2 aromatic rings.